The highest BCUT2D eigenvalue weighted by molar-refractivity contribution is 5.59. The minimum absolute atomic E-state index is 0.0145. The lowest BCUT2D eigenvalue weighted by Crippen LogP contribution is -2.26. The van der Waals surface area contributed by atoms with Gasteiger partial charge in [-0.2, -0.15) is 5.26 Å². The van der Waals surface area contributed by atoms with Crippen LogP contribution in [0.15, 0.2) is 18.2 Å². The third-order valence-corrected chi connectivity index (χ3v) is 1.81. The summed E-state index contributed by atoms with van der Waals surface area (Å²) in [5, 5.41) is 12.2. The van der Waals surface area contributed by atoms with Gasteiger partial charge in [0, 0.05) is 5.54 Å². The minimum atomic E-state index is -0.0145. The lowest BCUT2D eigenvalue weighted by molar-refractivity contribution is 0.634. The van der Waals surface area contributed by atoms with E-state index in [0.717, 1.165) is 11.3 Å². The van der Waals surface area contributed by atoms with Gasteiger partial charge in [-0.15, -0.1) is 0 Å². The van der Waals surface area contributed by atoms with E-state index in [2.05, 4.69) is 32.2 Å². The van der Waals surface area contributed by atoms with Crippen molar-refractivity contribution >= 4 is 5.69 Å². The maximum Gasteiger partial charge on any atom is 0.101 e. The number of benzene rings is 1. The summed E-state index contributed by atoms with van der Waals surface area (Å²) in [5.74, 6) is 0. The normalized spacial score (nSPS) is 10.8. The van der Waals surface area contributed by atoms with Crippen LogP contribution in [0.5, 0.6) is 0 Å². The molecular formula is C12H16N2. The number of hydrogen-bond donors (Lipinski definition) is 1. The Labute approximate surface area is 85.6 Å². The molecule has 0 aliphatic carbocycles. The Bertz CT molecular complexity index is 367. The lowest BCUT2D eigenvalue weighted by Gasteiger charge is -2.23. The molecule has 0 fully saturated rings. The van der Waals surface area contributed by atoms with Crippen molar-refractivity contribution in [1.29, 1.82) is 5.26 Å². The molecule has 2 nitrogen and oxygen atoms in total. The molecule has 0 heterocycles. The molecule has 1 rings (SSSR count). The van der Waals surface area contributed by atoms with Crippen molar-refractivity contribution in [2.45, 2.75) is 33.2 Å². The topological polar surface area (TPSA) is 35.8 Å². The summed E-state index contributed by atoms with van der Waals surface area (Å²) < 4.78 is 0. The molecule has 14 heavy (non-hydrogen) atoms. The smallest absolute Gasteiger partial charge is 0.101 e. The van der Waals surface area contributed by atoms with Gasteiger partial charge in [0.05, 0.1) is 11.3 Å². The number of nitriles is 1. The lowest BCUT2D eigenvalue weighted by atomic mass is 10.1. The molecule has 0 bridgehead atoms. The van der Waals surface area contributed by atoms with E-state index in [1.807, 2.05) is 25.1 Å². The van der Waals surface area contributed by atoms with Crippen LogP contribution >= 0.6 is 0 Å². The molecule has 0 amide bonds. The number of nitrogens with zero attached hydrogens (tertiary/aromatic N) is 1. The van der Waals surface area contributed by atoms with Gasteiger partial charge in [-0.1, -0.05) is 6.07 Å². The van der Waals surface area contributed by atoms with Crippen LogP contribution in [-0.4, -0.2) is 5.54 Å². The van der Waals surface area contributed by atoms with Crippen molar-refractivity contribution in [1.82, 2.24) is 0 Å². The van der Waals surface area contributed by atoms with Gasteiger partial charge in [-0.05, 0) is 45.4 Å². The Morgan fingerprint density at radius 3 is 2.43 bits per heavy atom. The van der Waals surface area contributed by atoms with Gasteiger partial charge in [0.25, 0.3) is 0 Å². The van der Waals surface area contributed by atoms with Crippen molar-refractivity contribution in [3.05, 3.63) is 29.3 Å². The Balaban J connectivity index is 3.07. The van der Waals surface area contributed by atoms with Gasteiger partial charge in [-0.3, -0.25) is 0 Å². The Hall–Kier alpha value is -1.49. The zero-order valence-corrected chi connectivity index (χ0v) is 9.18. The van der Waals surface area contributed by atoms with E-state index in [4.69, 9.17) is 5.26 Å². The fraction of sp³-hybridized carbons (Fsp3) is 0.417. The van der Waals surface area contributed by atoms with Crippen molar-refractivity contribution in [3.63, 3.8) is 0 Å². The van der Waals surface area contributed by atoms with Crippen LogP contribution in [-0.2, 0) is 0 Å². The van der Waals surface area contributed by atoms with Crippen LogP contribution in [0.3, 0.4) is 0 Å². The van der Waals surface area contributed by atoms with Gasteiger partial charge >= 0.3 is 0 Å². The highest BCUT2D eigenvalue weighted by Gasteiger charge is 2.11. The first kappa shape index (κ1) is 10.6. The van der Waals surface area contributed by atoms with E-state index >= 15 is 0 Å². The number of nitrogens with one attached hydrogen (secondary N) is 1. The number of hydrogen-bond acceptors (Lipinski definition) is 2. The predicted molar refractivity (Wildman–Crippen MR) is 59.3 cm³/mol. The second-order valence-corrected chi connectivity index (χ2v) is 4.54. The molecule has 1 N–H and O–H groups in total. The van der Waals surface area contributed by atoms with Crippen LogP contribution in [0, 0.1) is 18.3 Å². The van der Waals surface area contributed by atoms with Gasteiger partial charge in [0.15, 0.2) is 0 Å². The van der Waals surface area contributed by atoms with E-state index in [1.54, 1.807) is 0 Å². The summed E-state index contributed by atoms with van der Waals surface area (Å²) >= 11 is 0. The fourth-order valence-electron chi connectivity index (χ4n) is 1.26. The zero-order chi connectivity index (χ0) is 10.8. The first-order valence-corrected chi connectivity index (χ1v) is 4.71. The molecular weight excluding hydrogens is 172 g/mol. The minimum Gasteiger partial charge on any atom is -0.379 e. The molecule has 0 unspecified atom stereocenters. The summed E-state index contributed by atoms with van der Waals surface area (Å²) in [5.41, 5.74) is 2.76. The van der Waals surface area contributed by atoms with Crippen LogP contribution in [0.4, 0.5) is 5.69 Å². The van der Waals surface area contributed by atoms with Crippen molar-refractivity contribution in [3.8, 4) is 6.07 Å². The standard InChI is InChI=1S/C12H16N2/c1-9-5-6-10(8-13)11(7-9)14-12(2,3)4/h5-7,14H,1-4H3. The average Bonchev–Trinajstić information content (AvgIpc) is 2.01. The summed E-state index contributed by atoms with van der Waals surface area (Å²) in [7, 11) is 0. The predicted octanol–water partition coefficient (Wildman–Crippen LogP) is 3.08. The second kappa shape index (κ2) is 3.71. The fourth-order valence-corrected chi connectivity index (χ4v) is 1.26. The van der Waals surface area contributed by atoms with Crippen molar-refractivity contribution in [2.75, 3.05) is 5.32 Å². The molecule has 0 atom stereocenters. The molecule has 0 saturated carbocycles. The largest absolute Gasteiger partial charge is 0.379 e. The first-order chi connectivity index (χ1) is 6.42. The van der Waals surface area contributed by atoms with E-state index in [-0.39, 0.29) is 5.54 Å². The molecule has 0 aliphatic heterocycles. The molecule has 74 valence electrons. The van der Waals surface area contributed by atoms with E-state index in [9.17, 15) is 0 Å². The van der Waals surface area contributed by atoms with Gasteiger partial charge in [-0.25, -0.2) is 0 Å². The van der Waals surface area contributed by atoms with Gasteiger partial charge in [0.2, 0.25) is 0 Å². The highest BCUT2D eigenvalue weighted by Crippen LogP contribution is 2.20. The van der Waals surface area contributed by atoms with E-state index < -0.39 is 0 Å². The quantitative estimate of drug-likeness (QED) is 0.735. The second-order valence-electron chi connectivity index (χ2n) is 4.54. The van der Waals surface area contributed by atoms with Crippen LogP contribution in [0.25, 0.3) is 0 Å². The summed E-state index contributed by atoms with van der Waals surface area (Å²) in [6.07, 6.45) is 0. The summed E-state index contributed by atoms with van der Waals surface area (Å²) in [4.78, 5) is 0. The molecule has 2 heteroatoms. The molecule has 0 radical (unpaired) electrons. The van der Waals surface area contributed by atoms with Crippen LogP contribution in [0.2, 0.25) is 0 Å². The van der Waals surface area contributed by atoms with Crippen molar-refractivity contribution in [2.24, 2.45) is 0 Å². The Morgan fingerprint density at radius 2 is 1.93 bits per heavy atom. The summed E-state index contributed by atoms with van der Waals surface area (Å²) in [6, 6.07) is 7.99. The SMILES string of the molecule is Cc1ccc(C#N)c(NC(C)(C)C)c1. The maximum atomic E-state index is 8.92. The number of rotatable bonds is 1. The molecule has 1 aromatic rings. The first-order valence-electron chi connectivity index (χ1n) is 4.71. The van der Waals surface area contributed by atoms with Crippen LogP contribution < -0.4 is 5.32 Å². The zero-order valence-electron chi connectivity index (χ0n) is 9.18. The van der Waals surface area contributed by atoms with Gasteiger partial charge < -0.3 is 5.32 Å². The number of anilines is 1. The average molecular weight is 188 g/mol. The Morgan fingerprint density at radius 1 is 1.29 bits per heavy atom. The van der Waals surface area contributed by atoms with Crippen molar-refractivity contribution < 1.29 is 0 Å². The molecule has 0 saturated heterocycles. The molecule has 0 spiro atoms. The third kappa shape index (κ3) is 2.77. The summed E-state index contributed by atoms with van der Waals surface area (Å²) in [6.45, 7) is 8.26. The third-order valence-electron chi connectivity index (χ3n) is 1.81. The maximum absolute atomic E-state index is 8.92. The molecule has 0 aromatic heterocycles. The van der Waals surface area contributed by atoms with E-state index in [0.29, 0.717) is 5.56 Å². The van der Waals surface area contributed by atoms with Gasteiger partial charge in [0.1, 0.15) is 6.07 Å². The van der Waals surface area contributed by atoms with Crippen LogP contribution in [0.1, 0.15) is 31.9 Å². The number of aryl methyl sites for hydroxylation is 1. The van der Waals surface area contributed by atoms with E-state index in [1.165, 1.54) is 0 Å². The monoisotopic (exact) mass is 188 g/mol. The Kier molecular flexibility index (Phi) is 2.81. The molecule has 0 aliphatic rings. The molecule has 1 aromatic carbocycles. The highest BCUT2D eigenvalue weighted by atomic mass is 15.0.